The summed E-state index contributed by atoms with van der Waals surface area (Å²) >= 11 is 7.57. The Kier molecular flexibility index (Phi) is 2.20. The van der Waals surface area contributed by atoms with E-state index in [4.69, 9.17) is 17.3 Å². The average Bonchev–Trinajstić information content (AvgIpc) is 2.62. The van der Waals surface area contributed by atoms with Crippen LogP contribution in [0.1, 0.15) is 0 Å². The van der Waals surface area contributed by atoms with Crippen molar-refractivity contribution in [2.45, 2.75) is 0 Å². The molecule has 2 rings (SSSR count). The zero-order valence-corrected chi connectivity index (χ0v) is 8.27. The molecule has 0 aliphatic heterocycles. The minimum absolute atomic E-state index is 0.581. The van der Waals surface area contributed by atoms with E-state index in [1.165, 1.54) is 0 Å². The average molecular weight is 211 g/mol. The molecule has 66 valence electrons. The first-order chi connectivity index (χ1) is 6.29. The summed E-state index contributed by atoms with van der Waals surface area (Å²) in [6, 6.07) is 5.56. The van der Waals surface area contributed by atoms with Crippen LogP contribution in [-0.2, 0) is 0 Å². The molecule has 0 radical (unpaired) electrons. The summed E-state index contributed by atoms with van der Waals surface area (Å²) in [5.41, 5.74) is 7.16. The fraction of sp³-hybridized carbons (Fsp3) is 0. The zero-order valence-electron chi connectivity index (χ0n) is 6.70. The molecule has 4 heteroatoms. The maximum atomic E-state index is 6.03. The largest absolute Gasteiger partial charge is 0.398 e. The molecular formula is C9H7ClN2S. The molecule has 2 aromatic rings. The Morgan fingerprint density at radius 2 is 2.23 bits per heavy atom. The highest BCUT2D eigenvalue weighted by molar-refractivity contribution is 7.13. The first-order valence-corrected chi connectivity index (χ1v) is 4.98. The quantitative estimate of drug-likeness (QED) is 0.735. The molecule has 0 spiro atoms. The van der Waals surface area contributed by atoms with Crippen LogP contribution in [0.5, 0.6) is 0 Å². The maximum absolute atomic E-state index is 6.03. The van der Waals surface area contributed by atoms with E-state index in [-0.39, 0.29) is 0 Å². The minimum Gasteiger partial charge on any atom is -0.398 e. The van der Waals surface area contributed by atoms with E-state index in [0.29, 0.717) is 10.7 Å². The second-order valence-corrected chi connectivity index (χ2v) is 3.82. The van der Waals surface area contributed by atoms with Crippen LogP contribution in [0.4, 0.5) is 5.69 Å². The van der Waals surface area contributed by atoms with Crippen molar-refractivity contribution in [3.05, 3.63) is 34.8 Å². The molecule has 13 heavy (non-hydrogen) atoms. The zero-order chi connectivity index (χ0) is 9.26. The van der Waals surface area contributed by atoms with E-state index >= 15 is 0 Å². The molecule has 0 unspecified atom stereocenters. The number of nitrogen functional groups attached to an aromatic ring is 1. The molecule has 2 N–H and O–H groups in total. The van der Waals surface area contributed by atoms with E-state index in [9.17, 15) is 0 Å². The third kappa shape index (κ3) is 1.53. The third-order valence-electron chi connectivity index (χ3n) is 1.69. The van der Waals surface area contributed by atoms with E-state index < -0.39 is 0 Å². The second kappa shape index (κ2) is 3.36. The highest BCUT2D eigenvalue weighted by Gasteiger charge is 2.07. The molecule has 0 bridgehead atoms. The number of halogens is 1. The number of thiazole rings is 1. The highest BCUT2D eigenvalue weighted by atomic mass is 35.5. The van der Waals surface area contributed by atoms with Crippen molar-refractivity contribution in [3.63, 3.8) is 0 Å². The van der Waals surface area contributed by atoms with Crippen molar-refractivity contribution in [2.24, 2.45) is 0 Å². The standard InChI is InChI=1S/C9H7ClN2S/c10-8-6(2-1-3-7(8)11)9-12-4-5-13-9/h1-5H,11H2. The normalized spacial score (nSPS) is 10.2. The predicted octanol–water partition coefficient (Wildman–Crippen LogP) is 3.05. The second-order valence-electron chi connectivity index (χ2n) is 2.55. The fourth-order valence-corrected chi connectivity index (χ4v) is 2.01. The van der Waals surface area contributed by atoms with Crippen LogP contribution in [0.15, 0.2) is 29.8 Å². The van der Waals surface area contributed by atoms with Gasteiger partial charge < -0.3 is 5.73 Å². The third-order valence-corrected chi connectivity index (χ3v) is 2.92. The van der Waals surface area contributed by atoms with Gasteiger partial charge in [-0.25, -0.2) is 4.98 Å². The van der Waals surface area contributed by atoms with Gasteiger partial charge in [-0.1, -0.05) is 23.7 Å². The molecule has 2 nitrogen and oxygen atoms in total. The lowest BCUT2D eigenvalue weighted by Crippen LogP contribution is -1.87. The van der Waals surface area contributed by atoms with E-state index in [2.05, 4.69) is 4.98 Å². The van der Waals surface area contributed by atoms with Crippen LogP contribution in [0.25, 0.3) is 10.6 Å². The van der Waals surface area contributed by atoms with Gasteiger partial charge in [-0.15, -0.1) is 11.3 Å². The number of aromatic nitrogens is 1. The number of benzene rings is 1. The molecule has 0 aliphatic carbocycles. The van der Waals surface area contributed by atoms with Gasteiger partial charge >= 0.3 is 0 Å². The molecular weight excluding hydrogens is 204 g/mol. The summed E-state index contributed by atoms with van der Waals surface area (Å²) in [7, 11) is 0. The summed E-state index contributed by atoms with van der Waals surface area (Å²) in [5, 5.41) is 3.39. The number of nitrogens with two attached hydrogens (primary N) is 1. The number of nitrogens with zero attached hydrogens (tertiary/aromatic N) is 1. The van der Waals surface area contributed by atoms with Crippen LogP contribution >= 0.6 is 22.9 Å². The van der Waals surface area contributed by atoms with Gasteiger partial charge in [0.05, 0.1) is 10.7 Å². The minimum atomic E-state index is 0.581. The smallest absolute Gasteiger partial charge is 0.124 e. The number of anilines is 1. The van der Waals surface area contributed by atoms with Gasteiger partial charge in [0, 0.05) is 17.1 Å². The van der Waals surface area contributed by atoms with Crippen LogP contribution in [-0.4, -0.2) is 4.98 Å². The van der Waals surface area contributed by atoms with E-state index in [1.807, 2.05) is 17.5 Å². The van der Waals surface area contributed by atoms with Gasteiger partial charge in [0.1, 0.15) is 5.01 Å². The lowest BCUT2D eigenvalue weighted by Gasteiger charge is -2.02. The molecule has 0 fully saturated rings. The molecule has 0 aliphatic rings. The van der Waals surface area contributed by atoms with Gasteiger partial charge in [0.15, 0.2) is 0 Å². The van der Waals surface area contributed by atoms with Gasteiger partial charge in [0.2, 0.25) is 0 Å². The Labute approximate surface area is 85.0 Å². The lowest BCUT2D eigenvalue weighted by molar-refractivity contribution is 1.41. The fourth-order valence-electron chi connectivity index (χ4n) is 1.07. The number of hydrogen-bond donors (Lipinski definition) is 1. The summed E-state index contributed by atoms with van der Waals surface area (Å²) in [6.07, 6.45) is 1.75. The summed E-state index contributed by atoms with van der Waals surface area (Å²) in [6.45, 7) is 0. The topological polar surface area (TPSA) is 38.9 Å². The number of rotatable bonds is 1. The first kappa shape index (κ1) is 8.53. The molecule has 0 saturated heterocycles. The van der Waals surface area contributed by atoms with E-state index in [1.54, 1.807) is 23.6 Å². The van der Waals surface area contributed by atoms with E-state index in [0.717, 1.165) is 10.6 Å². The first-order valence-electron chi connectivity index (χ1n) is 3.73. The van der Waals surface area contributed by atoms with Crippen molar-refractivity contribution >= 4 is 28.6 Å². The van der Waals surface area contributed by atoms with Crippen molar-refractivity contribution in [3.8, 4) is 10.6 Å². The Morgan fingerprint density at radius 1 is 1.38 bits per heavy atom. The van der Waals surface area contributed by atoms with Crippen LogP contribution in [0.2, 0.25) is 5.02 Å². The van der Waals surface area contributed by atoms with Gasteiger partial charge in [-0.05, 0) is 6.07 Å². The Bertz CT molecular complexity index is 412. The lowest BCUT2D eigenvalue weighted by atomic mass is 10.2. The van der Waals surface area contributed by atoms with Gasteiger partial charge in [-0.3, -0.25) is 0 Å². The van der Waals surface area contributed by atoms with Crippen molar-refractivity contribution in [1.82, 2.24) is 4.98 Å². The summed E-state index contributed by atoms with van der Waals surface area (Å²) < 4.78 is 0. The summed E-state index contributed by atoms with van der Waals surface area (Å²) in [5.74, 6) is 0. The Balaban J connectivity index is 2.59. The van der Waals surface area contributed by atoms with Crippen LogP contribution < -0.4 is 5.73 Å². The van der Waals surface area contributed by atoms with Gasteiger partial charge in [0.25, 0.3) is 0 Å². The molecule has 0 amide bonds. The predicted molar refractivity (Wildman–Crippen MR) is 57.0 cm³/mol. The number of hydrogen-bond acceptors (Lipinski definition) is 3. The highest BCUT2D eigenvalue weighted by Crippen LogP contribution is 2.32. The van der Waals surface area contributed by atoms with Crippen LogP contribution in [0, 0.1) is 0 Å². The molecule has 1 aromatic heterocycles. The monoisotopic (exact) mass is 210 g/mol. The van der Waals surface area contributed by atoms with Gasteiger partial charge in [-0.2, -0.15) is 0 Å². The molecule has 0 atom stereocenters. The van der Waals surface area contributed by atoms with Crippen molar-refractivity contribution in [1.29, 1.82) is 0 Å². The molecule has 0 saturated carbocycles. The maximum Gasteiger partial charge on any atom is 0.124 e. The SMILES string of the molecule is Nc1cccc(-c2nccs2)c1Cl. The van der Waals surface area contributed by atoms with Crippen LogP contribution in [0.3, 0.4) is 0 Å². The molecule has 1 heterocycles. The Hall–Kier alpha value is -1.06. The Morgan fingerprint density at radius 3 is 2.92 bits per heavy atom. The summed E-state index contributed by atoms with van der Waals surface area (Å²) in [4.78, 5) is 4.17. The van der Waals surface area contributed by atoms with Crippen molar-refractivity contribution < 1.29 is 0 Å². The molecule has 1 aromatic carbocycles. The van der Waals surface area contributed by atoms with Crippen molar-refractivity contribution in [2.75, 3.05) is 5.73 Å².